The Bertz CT molecular complexity index is 616. The Hall–Kier alpha value is -2.02. The Morgan fingerprint density at radius 3 is 2.86 bits per heavy atom. The number of esters is 1. The zero-order valence-electron chi connectivity index (χ0n) is 11.1. The molecular formula is C14H13F2NO3S. The van der Waals surface area contributed by atoms with Crippen molar-refractivity contribution < 1.29 is 22.7 Å². The predicted octanol–water partition coefficient (Wildman–Crippen LogP) is 3.99. The minimum atomic E-state index is -2.49. The molecule has 112 valence electrons. The number of halogens is 2. The molecule has 0 bridgehead atoms. The molecule has 1 N–H and O–H groups in total. The van der Waals surface area contributed by atoms with Gasteiger partial charge in [-0.05, 0) is 18.2 Å². The van der Waals surface area contributed by atoms with Gasteiger partial charge < -0.3 is 14.5 Å². The number of hydrogen-bond donors (Lipinski definition) is 1. The van der Waals surface area contributed by atoms with Gasteiger partial charge in [0.05, 0.1) is 13.4 Å². The van der Waals surface area contributed by atoms with Crippen LogP contribution in [-0.2, 0) is 11.3 Å². The molecule has 0 fully saturated rings. The number of carbonyl (C=O) groups is 1. The Morgan fingerprint density at radius 1 is 1.38 bits per heavy atom. The van der Waals surface area contributed by atoms with E-state index < -0.39 is 11.7 Å². The number of para-hydroxylation sites is 1. The van der Waals surface area contributed by atoms with Crippen molar-refractivity contribution in [3.05, 3.63) is 47.9 Å². The molecule has 0 aliphatic carbocycles. The molecular weight excluding hydrogens is 300 g/mol. The maximum absolute atomic E-state index is 12.5. The normalized spacial score (nSPS) is 10.7. The van der Waals surface area contributed by atoms with E-state index in [0.717, 1.165) is 0 Å². The number of rotatable bonds is 6. The van der Waals surface area contributed by atoms with E-state index in [-0.39, 0.29) is 12.3 Å². The fourth-order valence-electron chi connectivity index (χ4n) is 1.75. The van der Waals surface area contributed by atoms with Crippen molar-refractivity contribution in [1.82, 2.24) is 0 Å². The molecule has 0 aliphatic heterocycles. The third-order valence-electron chi connectivity index (χ3n) is 2.69. The molecule has 0 atom stereocenters. The summed E-state index contributed by atoms with van der Waals surface area (Å²) in [6, 6.07) is 8.36. The van der Waals surface area contributed by atoms with Gasteiger partial charge in [0.25, 0.3) is 5.76 Å². The Labute approximate surface area is 124 Å². The van der Waals surface area contributed by atoms with Crippen molar-refractivity contribution in [1.29, 1.82) is 0 Å². The lowest BCUT2D eigenvalue weighted by molar-refractivity contribution is 0.0563. The van der Waals surface area contributed by atoms with Crippen molar-refractivity contribution >= 4 is 23.4 Å². The highest BCUT2D eigenvalue weighted by Crippen LogP contribution is 2.32. The van der Waals surface area contributed by atoms with Crippen LogP contribution >= 0.6 is 11.8 Å². The average Bonchev–Trinajstić information content (AvgIpc) is 2.93. The van der Waals surface area contributed by atoms with E-state index >= 15 is 0 Å². The van der Waals surface area contributed by atoms with Crippen LogP contribution in [0.5, 0.6) is 0 Å². The standard InChI is InChI=1S/C14H13F2NO3S/c1-19-13(18)12-9(6-7-20-12)8-17-10-4-2-3-5-11(10)21-14(15)16/h2-7,14,17H,8H2,1H3. The van der Waals surface area contributed by atoms with Gasteiger partial charge >= 0.3 is 5.97 Å². The number of benzene rings is 1. The molecule has 4 nitrogen and oxygen atoms in total. The van der Waals surface area contributed by atoms with Gasteiger partial charge in [0.1, 0.15) is 0 Å². The van der Waals surface area contributed by atoms with Crippen LogP contribution in [0.4, 0.5) is 14.5 Å². The summed E-state index contributed by atoms with van der Waals surface area (Å²) in [6.45, 7) is 0.266. The summed E-state index contributed by atoms with van der Waals surface area (Å²) < 4.78 is 34.6. The first-order valence-corrected chi connectivity index (χ1v) is 6.92. The highest BCUT2D eigenvalue weighted by molar-refractivity contribution is 7.99. The quantitative estimate of drug-likeness (QED) is 0.645. The smallest absolute Gasteiger partial charge is 0.374 e. The summed E-state index contributed by atoms with van der Waals surface area (Å²) >= 11 is 0.466. The summed E-state index contributed by atoms with van der Waals surface area (Å²) in [5.74, 6) is -2.97. The van der Waals surface area contributed by atoms with E-state index in [9.17, 15) is 13.6 Å². The average molecular weight is 313 g/mol. The zero-order valence-corrected chi connectivity index (χ0v) is 12.0. The number of methoxy groups -OCH3 is 1. The fraction of sp³-hybridized carbons (Fsp3) is 0.214. The van der Waals surface area contributed by atoms with Crippen LogP contribution in [0, 0.1) is 0 Å². The second kappa shape index (κ2) is 7.12. The van der Waals surface area contributed by atoms with Gasteiger partial charge in [0, 0.05) is 22.7 Å². The van der Waals surface area contributed by atoms with E-state index in [1.54, 1.807) is 30.3 Å². The van der Waals surface area contributed by atoms with Crippen LogP contribution < -0.4 is 5.32 Å². The molecule has 0 aliphatic rings. The third kappa shape index (κ3) is 3.98. The molecule has 21 heavy (non-hydrogen) atoms. The molecule has 2 aromatic rings. The first kappa shape index (κ1) is 15.4. The lowest BCUT2D eigenvalue weighted by Crippen LogP contribution is -2.07. The van der Waals surface area contributed by atoms with E-state index in [0.29, 0.717) is 27.9 Å². The SMILES string of the molecule is COC(=O)c1occc1CNc1ccccc1SC(F)F. The largest absolute Gasteiger partial charge is 0.463 e. The molecule has 0 saturated carbocycles. The summed E-state index contributed by atoms with van der Waals surface area (Å²) in [7, 11) is 1.26. The van der Waals surface area contributed by atoms with Crippen LogP contribution in [0.3, 0.4) is 0 Å². The molecule has 1 aromatic heterocycles. The molecule has 1 heterocycles. The van der Waals surface area contributed by atoms with E-state index in [1.807, 2.05) is 0 Å². The first-order chi connectivity index (χ1) is 10.1. The number of thioether (sulfide) groups is 1. The highest BCUT2D eigenvalue weighted by Gasteiger charge is 2.16. The molecule has 0 amide bonds. The first-order valence-electron chi connectivity index (χ1n) is 6.04. The van der Waals surface area contributed by atoms with Crippen LogP contribution in [0.1, 0.15) is 16.1 Å². The molecule has 2 rings (SSSR count). The summed E-state index contributed by atoms with van der Waals surface area (Å²) in [5, 5.41) is 3.02. The van der Waals surface area contributed by atoms with E-state index in [2.05, 4.69) is 10.1 Å². The molecule has 1 aromatic carbocycles. The molecule has 7 heteroatoms. The number of nitrogens with one attached hydrogen (secondary N) is 1. The molecule has 0 unspecified atom stereocenters. The number of carbonyl (C=O) groups excluding carboxylic acids is 1. The number of anilines is 1. The van der Waals surface area contributed by atoms with Crippen molar-refractivity contribution in [3.63, 3.8) is 0 Å². The van der Waals surface area contributed by atoms with E-state index in [4.69, 9.17) is 4.42 Å². The Kier molecular flexibility index (Phi) is 5.21. The van der Waals surface area contributed by atoms with Gasteiger partial charge in [0.2, 0.25) is 5.76 Å². The van der Waals surface area contributed by atoms with Crippen molar-refractivity contribution in [3.8, 4) is 0 Å². The number of ether oxygens (including phenoxy) is 1. The van der Waals surface area contributed by atoms with Crippen molar-refractivity contribution in [2.24, 2.45) is 0 Å². The van der Waals surface area contributed by atoms with Crippen molar-refractivity contribution in [2.45, 2.75) is 17.2 Å². The summed E-state index contributed by atoms with van der Waals surface area (Å²) in [4.78, 5) is 11.9. The van der Waals surface area contributed by atoms with Gasteiger partial charge in [-0.25, -0.2) is 4.79 Å². The van der Waals surface area contributed by atoms with Crippen LogP contribution in [0.15, 0.2) is 45.9 Å². The maximum atomic E-state index is 12.5. The zero-order chi connectivity index (χ0) is 15.2. The lowest BCUT2D eigenvalue weighted by atomic mass is 10.2. The van der Waals surface area contributed by atoms with Crippen LogP contribution in [0.25, 0.3) is 0 Å². The monoisotopic (exact) mass is 313 g/mol. The van der Waals surface area contributed by atoms with Gasteiger partial charge in [-0.1, -0.05) is 23.9 Å². The van der Waals surface area contributed by atoms with Crippen molar-refractivity contribution in [2.75, 3.05) is 12.4 Å². The Balaban J connectivity index is 2.10. The van der Waals surface area contributed by atoms with Gasteiger partial charge in [-0.2, -0.15) is 8.78 Å². The number of alkyl halides is 2. The Morgan fingerprint density at radius 2 is 2.14 bits per heavy atom. The predicted molar refractivity (Wildman–Crippen MR) is 75.7 cm³/mol. The van der Waals surface area contributed by atoms with Gasteiger partial charge in [-0.15, -0.1) is 0 Å². The minimum Gasteiger partial charge on any atom is -0.463 e. The lowest BCUT2D eigenvalue weighted by Gasteiger charge is -2.11. The summed E-state index contributed by atoms with van der Waals surface area (Å²) in [6.07, 6.45) is 1.38. The molecule has 0 radical (unpaired) electrons. The fourth-order valence-corrected chi connectivity index (χ4v) is 2.36. The minimum absolute atomic E-state index is 0.101. The van der Waals surface area contributed by atoms with Crippen LogP contribution in [-0.4, -0.2) is 18.8 Å². The molecule has 0 spiro atoms. The number of furan rings is 1. The second-order valence-electron chi connectivity index (χ2n) is 3.99. The summed E-state index contributed by atoms with van der Waals surface area (Å²) in [5.41, 5.74) is 1.17. The van der Waals surface area contributed by atoms with E-state index in [1.165, 1.54) is 13.4 Å². The van der Waals surface area contributed by atoms with Gasteiger partial charge in [-0.3, -0.25) is 0 Å². The highest BCUT2D eigenvalue weighted by atomic mass is 32.2. The van der Waals surface area contributed by atoms with Crippen LogP contribution in [0.2, 0.25) is 0 Å². The number of hydrogen-bond acceptors (Lipinski definition) is 5. The maximum Gasteiger partial charge on any atom is 0.374 e. The molecule has 0 saturated heterocycles. The second-order valence-corrected chi connectivity index (χ2v) is 5.03. The third-order valence-corrected chi connectivity index (χ3v) is 3.48. The van der Waals surface area contributed by atoms with Gasteiger partial charge in [0.15, 0.2) is 0 Å². The topological polar surface area (TPSA) is 51.5 Å².